The van der Waals surface area contributed by atoms with Gasteiger partial charge in [-0.2, -0.15) is 0 Å². The van der Waals surface area contributed by atoms with Crippen LogP contribution in [0.15, 0.2) is 54.6 Å². The maximum Gasteiger partial charge on any atom is 0.123 e. The number of nitrogens with two attached hydrogens (primary N) is 1. The molecule has 1 fully saturated rings. The fourth-order valence-electron chi connectivity index (χ4n) is 4.19. The van der Waals surface area contributed by atoms with Gasteiger partial charge in [0.1, 0.15) is 12.4 Å². The lowest BCUT2D eigenvalue weighted by molar-refractivity contribution is -0.671. The number of quaternary nitrogens is 1. The number of ether oxygens (including phenoxy) is 1. The topological polar surface area (TPSA) is 25.8 Å². The van der Waals surface area contributed by atoms with Gasteiger partial charge in [-0.15, -0.1) is 0 Å². The molecule has 0 unspecified atom stereocenters. The molecule has 140 valence electrons. The van der Waals surface area contributed by atoms with Gasteiger partial charge in [-0.25, -0.2) is 4.39 Å². The van der Waals surface area contributed by atoms with E-state index in [9.17, 15) is 4.39 Å². The summed E-state index contributed by atoms with van der Waals surface area (Å²) in [5, 5.41) is 2.39. The number of rotatable bonds is 7. The molecule has 3 rings (SSSR count). The Balaban J connectivity index is 1.63. The first-order chi connectivity index (χ1) is 12.5. The molecule has 0 aliphatic carbocycles. The van der Waals surface area contributed by atoms with Crippen LogP contribution in [0.25, 0.3) is 0 Å². The Bertz CT molecular complexity index is 668. The van der Waals surface area contributed by atoms with E-state index in [0.29, 0.717) is 11.8 Å². The molecular weight excluding hydrogens is 325 g/mol. The van der Waals surface area contributed by atoms with Gasteiger partial charge in [0.2, 0.25) is 0 Å². The van der Waals surface area contributed by atoms with Crippen molar-refractivity contribution in [1.82, 2.24) is 0 Å². The molecule has 2 atom stereocenters. The van der Waals surface area contributed by atoms with Crippen molar-refractivity contribution in [2.45, 2.75) is 51.2 Å². The van der Waals surface area contributed by atoms with E-state index in [4.69, 9.17) is 4.74 Å². The summed E-state index contributed by atoms with van der Waals surface area (Å²) in [4.78, 5) is 0. The average molecular weight is 357 g/mol. The predicted octanol–water partition coefficient (Wildman–Crippen LogP) is 4.27. The fourth-order valence-corrected chi connectivity index (χ4v) is 4.19. The van der Waals surface area contributed by atoms with Crippen LogP contribution in [0.3, 0.4) is 0 Å². The molecule has 0 amide bonds. The molecule has 2 aromatic carbocycles. The van der Waals surface area contributed by atoms with Crippen molar-refractivity contribution >= 4 is 0 Å². The first-order valence-corrected chi connectivity index (χ1v) is 9.78. The third-order valence-corrected chi connectivity index (χ3v) is 5.51. The number of benzene rings is 2. The SMILES string of the molecule is CC1(C)C[C@@H]([C@@H](CC[NH2+]Cc2ccccc2)c2ccc(F)cc2)CCO1. The van der Waals surface area contributed by atoms with Crippen LogP contribution >= 0.6 is 0 Å². The Kier molecular flexibility index (Phi) is 6.44. The van der Waals surface area contributed by atoms with E-state index >= 15 is 0 Å². The van der Waals surface area contributed by atoms with Crippen molar-refractivity contribution in [3.8, 4) is 0 Å². The monoisotopic (exact) mass is 356 g/mol. The predicted molar refractivity (Wildman–Crippen MR) is 103 cm³/mol. The van der Waals surface area contributed by atoms with Crippen LogP contribution in [-0.4, -0.2) is 18.8 Å². The smallest absolute Gasteiger partial charge is 0.123 e. The second-order valence-corrected chi connectivity index (χ2v) is 8.07. The summed E-state index contributed by atoms with van der Waals surface area (Å²) < 4.78 is 19.3. The van der Waals surface area contributed by atoms with Gasteiger partial charge >= 0.3 is 0 Å². The van der Waals surface area contributed by atoms with Gasteiger partial charge in [0.05, 0.1) is 12.1 Å². The molecule has 1 saturated heterocycles. The lowest BCUT2D eigenvalue weighted by atomic mass is 9.75. The van der Waals surface area contributed by atoms with Gasteiger partial charge in [-0.1, -0.05) is 42.5 Å². The van der Waals surface area contributed by atoms with Crippen LogP contribution < -0.4 is 5.32 Å². The Morgan fingerprint density at radius 2 is 1.85 bits per heavy atom. The largest absolute Gasteiger partial charge is 0.376 e. The molecule has 0 saturated carbocycles. The van der Waals surface area contributed by atoms with E-state index in [1.807, 2.05) is 12.1 Å². The molecule has 2 nitrogen and oxygen atoms in total. The zero-order valence-electron chi connectivity index (χ0n) is 16.0. The van der Waals surface area contributed by atoms with E-state index in [1.165, 1.54) is 11.1 Å². The quantitative estimate of drug-likeness (QED) is 0.737. The molecule has 26 heavy (non-hydrogen) atoms. The normalized spacial score (nSPS) is 20.7. The fraction of sp³-hybridized carbons (Fsp3) is 0.478. The summed E-state index contributed by atoms with van der Waals surface area (Å²) in [5.41, 5.74) is 2.56. The van der Waals surface area contributed by atoms with Crippen molar-refractivity contribution in [2.24, 2.45) is 5.92 Å². The van der Waals surface area contributed by atoms with Crippen LogP contribution in [-0.2, 0) is 11.3 Å². The highest BCUT2D eigenvalue weighted by atomic mass is 19.1. The molecule has 1 aliphatic rings. The lowest BCUT2D eigenvalue weighted by Crippen LogP contribution is -2.82. The van der Waals surface area contributed by atoms with Gasteiger partial charge in [0, 0.05) is 18.6 Å². The molecule has 3 heteroatoms. The van der Waals surface area contributed by atoms with Crippen molar-refractivity contribution in [3.63, 3.8) is 0 Å². The number of hydrogen-bond acceptors (Lipinski definition) is 1. The third kappa shape index (κ3) is 5.39. The molecule has 1 aliphatic heterocycles. The molecule has 0 radical (unpaired) electrons. The zero-order valence-corrected chi connectivity index (χ0v) is 16.0. The Morgan fingerprint density at radius 1 is 1.12 bits per heavy atom. The lowest BCUT2D eigenvalue weighted by Gasteiger charge is -2.39. The average Bonchev–Trinajstić information content (AvgIpc) is 2.63. The minimum absolute atomic E-state index is 0.0606. The minimum Gasteiger partial charge on any atom is -0.376 e. The van der Waals surface area contributed by atoms with Gasteiger partial charge in [-0.3, -0.25) is 0 Å². The second kappa shape index (κ2) is 8.79. The van der Waals surface area contributed by atoms with E-state index in [-0.39, 0.29) is 11.4 Å². The maximum absolute atomic E-state index is 13.4. The highest BCUT2D eigenvalue weighted by Crippen LogP contribution is 2.39. The van der Waals surface area contributed by atoms with Gasteiger partial charge in [-0.05, 0) is 56.2 Å². The second-order valence-electron chi connectivity index (χ2n) is 8.07. The van der Waals surface area contributed by atoms with Crippen LogP contribution in [0.1, 0.15) is 50.2 Å². The van der Waals surface area contributed by atoms with Crippen molar-refractivity contribution in [3.05, 3.63) is 71.5 Å². The summed E-state index contributed by atoms with van der Waals surface area (Å²) in [7, 11) is 0. The molecule has 1 heterocycles. The highest BCUT2D eigenvalue weighted by Gasteiger charge is 2.34. The molecule has 2 aromatic rings. The van der Waals surface area contributed by atoms with Crippen LogP contribution in [0.4, 0.5) is 4.39 Å². The summed E-state index contributed by atoms with van der Waals surface area (Å²) in [6.45, 7) is 7.28. The summed E-state index contributed by atoms with van der Waals surface area (Å²) in [6, 6.07) is 17.7. The van der Waals surface area contributed by atoms with Crippen molar-refractivity contribution < 1.29 is 14.4 Å². The summed E-state index contributed by atoms with van der Waals surface area (Å²) in [6.07, 6.45) is 3.26. The van der Waals surface area contributed by atoms with Gasteiger partial charge in [0.15, 0.2) is 0 Å². The van der Waals surface area contributed by atoms with Crippen LogP contribution in [0.5, 0.6) is 0 Å². The van der Waals surface area contributed by atoms with E-state index in [1.54, 1.807) is 12.1 Å². The molecule has 0 aromatic heterocycles. The van der Waals surface area contributed by atoms with E-state index in [2.05, 4.69) is 49.5 Å². The molecule has 0 spiro atoms. The maximum atomic E-state index is 13.4. The number of hydrogen-bond donors (Lipinski definition) is 1. The van der Waals surface area contributed by atoms with E-state index in [0.717, 1.165) is 39.0 Å². The Hall–Kier alpha value is -1.71. The Morgan fingerprint density at radius 3 is 2.54 bits per heavy atom. The summed E-state index contributed by atoms with van der Waals surface area (Å²) >= 11 is 0. The third-order valence-electron chi connectivity index (χ3n) is 5.51. The van der Waals surface area contributed by atoms with Crippen LogP contribution in [0.2, 0.25) is 0 Å². The molecular formula is C23H31FNO+. The summed E-state index contributed by atoms with van der Waals surface area (Å²) in [5.74, 6) is 0.899. The van der Waals surface area contributed by atoms with E-state index < -0.39 is 0 Å². The van der Waals surface area contributed by atoms with Crippen molar-refractivity contribution in [2.75, 3.05) is 13.2 Å². The minimum atomic E-state index is -0.157. The van der Waals surface area contributed by atoms with Gasteiger partial charge in [0.25, 0.3) is 0 Å². The van der Waals surface area contributed by atoms with Gasteiger partial charge < -0.3 is 10.1 Å². The molecule has 2 N–H and O–H groups in total. The zero-order chi connectivity index (χ0) is 18.4. The standard InChI is InChI=1S/C23H30FNO/c1-23(2)16-20(13-15-26-23)22(19-8-10-21(24)11-9-19)12-14-25-17-18-6-4-3-5-7-18/h3-11,20,22,25H,12-17H2,1-2H3/p+1/t20-,22-/m0/s1. The van der Waals surface area contributed by atoms with Crippen molar-refractivity contribution in [1.29, 1.82) is 0 Å². The Labute approximate surface area is 156 Å². The first kappa shape index (κ1) is 19.1. The highest BCUT2D eigenvalue weighted by molar-refractivity contribution is 5.21. The van der Waals surface area contributed by atoms with Crippen LogP contribution in [0, 0.1) is 11.7 Å². The number of halogens is 1. The molecule has 0 bridgehead atoms. The first-order valence-electron chi connectivity index (χ1n) is 9.78.